The van der Waals surface area contributed by atoms with Gasteiger partial charge in [-0.25, -0.2) is 0 Å². The third kappa shape index (κ3) is 4.56. The van der Waals surface area contributed by atoms with Crippen LogP contribution in [0.1, 0.15) is 25.1 Å². The van der Waals surface area contributed by atoms with Crippen molar-refractivity contribution in [2.45, 2.75) is 27.3 Å². The Balaban J connectivity index is 2.24. The molecule has 0 aliphatic heterocycles. The molecule has 17 heavy (non-hydrogen) atoms. The Hall–Kier alpha value is -1.36. The number of carbonyl (C=O) groups excluding carboxylic acids is 1. The molecule has 0 fully saturated rings. The summed E-state index contributed by atoms with van der Waals surface area (Å²) in [6.45, 7) is 7.92. The molecule has 0 aromatic carbocycles. The van der Waals surface area contributed by atoms with Crippen LogP contribution in [0.5, 0.6) is 0 Å². The van der Waals surface area contributed by atoms with Crippen LogP contribution in [0.25, 0.3) is 0 Å². The molecule has 2 N–H and O–H groups in total. The SMILES string of the molecule is Cc1c(CNCC(=O)NCC(C)C)cnn1C. The second-order valence-corrected chi connectivity index (χ2v) is 4.68. The largest absolute Gasteiger partial charge is 0.355 e. The van der Waals surface area contributed by atoms with E-state index in [0.717, 1.165) is 17.8 Å². The first-order valence-corrected chi connectivity index (χ1v) is 5.95. The number of rotatable bonds is 6. The van der Waals surface area contributed by atoms with Crippen molar-refractivity contribution >= 4 is 5.91 Å². The molecule has 0 radical (unpaired) electrons. The van der Waals surface area contributed by atoms with Gasteiger partial charge in [-0.05, 0) is 12.8 Å². The number of hydrogen-bond donors (Lipinski definition) is 2. The summed E-state index contributed by atoms with van der Waals surface area (Å²) in [7, 11) is 1.91. The highest BCUT2D eigenvalue weighted by atomic mass is 16.1. The highest BCUT2D eigenvalue weighted by molar-refractivity contribution is 5.77. The smallest absolute Gasteiger partial charge is 0.233 e. The van der Waals surface area contributed by atoms with E-state index >= 15 is 0 Å². The number of nitrogens with one attached hydrogen (secondary N) is 2. The zero-order valence-electron chi connectivity index (χ0n) is 11.1. The van der Waals surface area contributed by atoms with E-state index in [1.165, 1.54) is 0 Å². The molecule has 5 nitrogen and oxygen atoms in total. The lowest BCUT2D eigenvalue weighted by Crippen LogP contribution is -2.35. The van der Waals surface area contributed by atoms with Crippen LogP contribution in [0, 0.1) is 12.8 Å². The molecule has 96 valence electrons. The Morgan fingerprint density at radius 2 is 2.24 bits per heavy atom. The van der Waals surface area contributed by atoms with Gasteiger partial charge in [0.15, 0.2) is 0 Å². The van der Waals surface area contributed by atoms with Gasteiger partial charge >= 0.3 is 0 Å². The summed E-state index contributed by atoms with van der Waals surface area (Å²) in [5.41, 5.74) is 2.25. The molecule has 1 rings (SSSR count). The Bertz CT molecular complexity index is 371. The van der Waals surface area contributed by atoms with Crippen molar-refractivity contribution in [1.82, 2.24) is 20.4 Å². The summed E-state index contributed by atoms with van der Waals surface area (Å²) < 4.78 is 1.83. The first-order chi connectivity index (χ1) is 8.00. The van der Waals surface area contributed by atoms with Crippen molar-refractivity contribution in [3.05, 3.63) is 17.5 Å². The van der Waals surface area contributed by atoms with Gasteiger partial charge < -0.3 is 10.6 Å². The lowest BCUT2D eigenvalue weighted by Gasteiger charge is -2.08. The minimum atomic E-state index is 0.0419. The molecule has 0 saturated carbocycles. The fourth-order valence-corrected chi connectivity index (χ4v) is 1.41. The van der Waals surface area contributed by atoms with E-state index in [1.807, 2.05) is 24.9 Å². The van der Waals surface area contributed by atoms with Gasteiger partial charge in [0.2, 0.25) is 5.91 Å². The van der Waals surface area contributed by atoms with E-state index in [2.05, 4.69) is 29.6 Å². The lowest BCUT2D eigenvalue weighted by molar-refractivity contribution is -0.120. The molecule has 0 saturated heterocycles. The molecule has 0 spiro atoms. The van der Waals surface area contributed by atoms with Gasteiger partial charge in [-0.1, -0.05) is 13.8 Å². The zero-order valence-corrected chi connectivity index (χ0v) is 11.1. The van der Waals surface area contributed by atoms with Crippen LogP contribution in [0.3, 0.4) is 0 Å². The van der Waals surface area contributed by atoms with Crippen molar-refractivity contribution in [3.8, 4) is 0 Å². The second-order valence-electron chi connectivity index (χ2n) is 4.68. The Morgan fingerprint density at radius 1 is 1.53 bits per heavy atom. The third-order valence-electron chi connectivity index (χ3n) is 2.65. The van der Waals surface area contributed by atoms with Gasteiger partial charge in [0, 0.05) is 31.4 Å². The van der Waals surface area contributed by atoms with Crippen LogP contribution in [0.2, 0.25) is 0 Å². The van der Waals surface area contributed by atoms with Gasteiger partial charge in [-0.2, -0.15) is 5.10 Å². The average Bonchev–Trinajstić information content (AvgIpc) is 2.58. The van der Waals surface area contributed by atoms with Gasteiger partial charge in [0.05, 0.1) is 12.7 Å². The predicted molar refractivity (Wildman–Crippen MR) is 67.5 cm³/mol. The molecule has 1 aromatic rings. The molecule has 1 aromatic heterocycles. The third-order valence-corrected chi connectivity index (χ3v) is 2.65. The predicted octanol–water partition coefficient (Wildman–Crippen LogP) is 0.590. The molecule has 1 heterocycles. The number of nitrogens with zero attached hydrogens (tertiary/aromatic N) is 2. The van der Waals surface area contributed by atoms with Gasteiger partial charge in [0.25, 0.3) is 0 Å². The van der Waals surface area contributed by atoms with Crippen molar-refractivity contribution < 1.29 is 4.79 Å². The lowest BCUT2D eigenvalue weighted by atomic mass is 10.2. The molecule has 0 unspecified atom stereocenters. The fraction of sp³-hybridized carbons (Fsp3) is 0.667. The number of carbonyl (C=O) groups is 1. The normalized spacial score (nSPS) is 10.9. The number of hydrogen-bond acceptors (Lipinski definition) is 3. The summed E-state index contributed by atoms with van der Waals surface area (Å²) in [5, 5.41) is 10.1. The van der Waals surface area contributed by atoms with Crippen LogP contribution in [0.4, 0.5) is 0 Å². The molecule has 0 atom stereocenters. The van der Waals surface area contributed by atoms with Gasteiger partial charge in [-0.3, -0.25) is 9.48 Å². The molecule has 5 heteroatoms. The standard InChI is InChI=1S/C12H22N4O/c1-9(2)5-14-12(17)8-13-6-11-7-15-16(4)10(11)3/h7,9,13H,5-6,8H2,1-4H3,(H,14,17). The molecule has 0 aliphatic carbocycles. The summed E-state index contributed by atoms with van der Waals surface area (Å²) in [6.07, 6.45) is 1.83. The second kappa shape index (κ2) is 6.39. The first-order valence-electron chi connectivity index (χ1n) is 5.95. The van der Waals surface area contributed by atoms with Gasteiger partial charge in [0.1, 0.15) is 0 Å². The van der Waals surface area contributed by atoms with Crippen molar-refractivity contribution in [1.29, 1.82) is 0 Å². The van der Waals surface area contributed by atoms with Crippen LogP contribution < -0.4 is 10.6 Å². The van der Waals surface area contributed by atoms with E-state index in [-0.39, 0.29) is 5.91 Å². The Kier molecular flexibility index (Phi) is 5.15. The van der Waals surface area contributed by atoms with E-state index in [9.17, 15) is 4.79 Å². The van der Waals surface area contributed by atoms with Crippen LogP contribution in [0.15, 0.2) is 6.20 Å². The molecular weight excluding hydrogens is 216 g/mol. The maximum absolute atomic E-state index is 11.4. The number of aromatic nitrogens is 2. The van der Waals surface area contributed by atoms with E-state index < -0.39 is 0 Å². The fourth-order valence-electron chi connectivity index (χ4n) is 1.41. The molecule has 0 bridgehead atoms. The van der Waals surface area contributed by atoms with Crippen molar-refractivity contribution in [2.24, 2.45) is 13.0 Å². The maximum atomic E-state index is 11.4. The van der Waals surface area contributed by atoms with E-state index in [1.54, 1.807) is 0 Å². The van der Waals surface area contributed by atoms with E-state index in [0.29, 0.717) is 19.0 Å². The van der Waals surface area contributed by atoms with Gasteiger partial charge in [-0.15, -0.1) is 0 Å². The monoisotopic (exact) mass is 238 g/mol. The number of amides is 1. The van der Waals surface area contributed by atoms with Crippen molar-refractivity contribution in [2.75, 3.05) is 13.1 Å². The quantitative estimate of drug-likeness (QED) is 0.762. The van der Waals surface area contributed by atoms with Crippen molar-refractivity contribution in [3.63, 3.8) is 0 Å². The first kappa shape index (κ1) is 13.7. The summed E-state index contributed by atoms with van der Waals surface area (Å²) in [6, 6.07) is 0. The zero-order chi connectivity index (χ0) is 12.8. The summed E-state index contributed by atoms with van der Waals surface area (Å²) >= 11 is 0. The summed E-state index contributed by atoms with van der Waals surface area (Å²) in [4.78, 5) is 11.4. The van der Waals surface area contributed by atoms with Crippen LogP contribution >= 0.6 is 0 Å². The minimum Gasteiger partial charge on any atom is -0.355 e. The Morgan fingerprint density at radius 3 is 2.76 bits per heavy atom. The van der Waals surface area contributed by atoms with Crippen LogP contribution in [-0.4, -0.2) is 28.8 Å². The molecule has 1 amide bonds. The van der Waals surface area contributed by atoms with E-state index in [4.69, 9.17) is 0 Å². The molecular formula is C12H22N4O. The highest BCUT2D eigenvalue weighted by Gasteiger charge is 2.05. The minimum absolute atomic E-state index is 0.0419. The topological polar surface area (TPSA) is 59.0 Å². The Labute approximate surface area is 103 Å². The maximum Gasteiger partial charge on any atom is 0.233 e. The average molecular weight is 238 g/mol. The number of aryl methyl sites for hydroxylation is 1. The highest BCUT2D eigenvalue weighted by Crippen LogP contribution is 2.04. The summed E-state index contributed by atoms with van der Waals surface area (Å²) in [5.74, 6) is 0.528. The van der Waals surface area contributed by atoms with Crippen LogP contribution in [-0.2, 0) is 18.4 Å². The molecule has 0 aliphatic rings.